The van der Waals surface area contributed by atoms with Crippen LogP contribution in [0.4, 0.5) is 0 Å². The van der Waals surface area contributed by atoms with Crippen LogP contribution in [0.3, 0.4) is 0 Å². The molecule has 17 heavy (non-hydrogen) atoms. The number of aryl methyl sites for hydroxylation is 1. The Hall–Kier alpha value is -1.36. The Morgan fingerprint density at radius 3 is 3.00 bits per heavy atom. The van der Waals surface area contributed by atoms with E-state index in [1.807, 2.05) is 6.92 Å². The fourth-order valence-electron chi connectivity index (χ4n) is 1.72. The standard InChI is InChI=1S/C12H19N3O2/c1-3-10-13-11(16)8-12(14-10)17-7-6-15(2)9-4-5-9/h8-9H,3-7H2,1-2H3,(H,13,14,16). The van der Waals surface area contributed by atoms with Crippen molar-refractivity contribution in [2.24, 2.45) is 0 Å². The van der Waals surface area contributed by atoms with E-state index >= 15 is 0 Å². The van der Waals surface area contributed by atoms with Gasteiger partial charge in [0.15, 0.2) is 0 Å². The maximum atomic E-state index is 11.3. The van der Waals surface area contributed by atoms with E-state index < -0.39 is 0 Å². The van der Waals surface area contributed by atoms with Crippen molar-refractivity contribution < 1.29 is 4.74 Å². The second-order valence-corrected chi connectivity index (χ2v) is 4.44. The molecule has 1 heterocycles. The Kier molecular flexibility index (Phi) is 3.78. The summed E-state index contributed by atoms with van der Waals surface area (Å²) in [6.45, 7) is 3.40. The Labute approximate surface area is 101 Å². The summed E-state index contributed by atoms with van der Waals surface area (Å²) in [5.41, 5.74) is -0.151. The fourth-order valence-corrected chi connectivity index (χ4v) is 1.72. The zero-order valence-electron chi connectivity index (χ0n) is 10.4. The van der Waals surface area contributed by atoms with E-state index in [1.54, 1.807) is 0 Å². The molecule has 1 aromatic heterocycles. The summed E-state index contributed by atoms with van der Waals surface area (Å²) in [4.78, 5) is 20.5. The summed E-state index contributed by atoms with van der Waals surface area (Å²) in [7, 11) is 2.10. The first-order valence-corrected chi connectivity index (χ1v) is 6.12. The zero-order valence-corrected chi connectivity index (χ0v) is 10.4. The Balaban J connectivity index is 1.85. The molecule has 1 fully saturated rings. The molecule has 1 aliphatic rings. The van der Waals surface area contributed by atoms with Crippen LogP contribution in [-0.4, -0.2) is 41.1 Å². The maximum Gasteiger partial charge on any atom is 0.254 e. The van der Waals surface area contributed by atoms with Crippen molar-refractivity contribution in [2.45, 2.75) is 32.2 Å². The van der Waals surface area contributed by atoms with Crippen molar-refractivity contribution >= 4 is 0 Å². The molecule has 0 saturated heterocycles. The summed E-state index contributed by atoms with van der Waals surface area (Å²) < 4.78 is 5.51. The molecule has 2 rings (SSSR count). The second-order valence-electron chi connectivity index (χ2n) is 4.44. The van der Waals surface area contributed by atoms with Crippen molar-refractivity contribution in [3.05, 3.63) is 22.2 Å². The molecule has 1 saturated carbocycles. The number of aromatic nitrogens is 2. The molecule has 0 unspecified atom stereocenters. The van der Waals surface area contributed by atoms with Gasteiger partial charge in [0.1, 0.15) is 12.4 Å². The van der Waals surface area contributed by atoms with Crippen LogP contribution in [0.5, 0.6) is 5.88 Å². The number of aromatic amines is 1. The van der Waals surface area contributed by atoms with Crippen molar-refractivity contribution in [2.75, 3.05) is 20.2 Å². The lowest BCUT2D eigenvalue weighted by Crippen LogP contribution is -2.26. The van der Waals surface area contributed by atoms with Gasteiger partial charge in [-0.1, -0.05) is 6.92 Å². The minimum Gasteiger partial charge on any atom is -0.476 e. The SMILES string of the molecule is CCc1nc(OCCN(C)C2CC2)cc(=O)[nH]1. The zero-order chi connectivity index (χ0) is 12.3. The molecule has 1 aliphatic carbocycles. The lowest BCUT2D eigenvalue weighted by molar-refractivity contribution is 0.225. The molecule has 5 nitrogen and oxygen atoms in total. The van der Waals surface area contributed by atoms with Crippen LogP contribution in [0.15, 0.2) is 10.9 Å². The molecule has 94 valence electrons. The molecule has 0 spiro atoms. The predicted molar refractivity (Wildman–Crippen MR) is 65.4 cm³/mol. The molecule has 0 amide bonds. The van der Waals surface area contributed by atoms with Gasteiger partial charge in [0.25, 0.3) is 5.56 Å². The molecule has 0 aliphatic heterocycles. The van der Waals surface area contributed by atoms with Crippen LogP contribution in [0.2, 0.25) is 0 Å². The van der Waals surface area contributed by atoms with E-state index in [2.05, 4.69) is 21.9 Å². The number of likely N-dealkylation sites (N-methyl/N-ethyl adjacent to an activating group) is 1. The van der Waals surface area contributed by atoms with Gasteiger partial charge in [-0.05, 0) is 19.9 Å². The Morgan fingerprint density at radius 2 is 2.35 bits per heavy atom. The number of nitrogens with one attached hydrogen (secondary N) is 1. The smallest absolute Gasteiger partial charge is 0.254 e. The summed E-state index contributed by atoms with van der Waals surface area (Å²) >= 11 is 0. The van der Waals surface area contributed by atoms with Gasteiger partial charge in [-0.25, -0.2) is 4.98 Å². The van der Waals surface area contributed by atoms with Gasteiger partial charge in [0, 0.05) is 19.0 Å². The molecular weight excluding hydrogens is 218 g/mol. The number of rotatable bonds is 6. The monoisotopic (exact) mass is 237 g/mol. The molecule has 5 heteroatoms. The number of hydrogen-bond acceptors (Lipinski definition) is 4. The van der Waals surface area contributed by atoms with E-state index in [0.29, 0.717) is 24.7 Å². The van der Waals surface area contributed by atoms with Crippen LogP contribution in [0.25, 0.3) is 0 Å². The van der Waals surface area contributed by atoms with Crippen molar-refractivity contribution in [3.63, 3.8) is 0 Å². The molecule has 0 bridgehead atoms. The highest BCUT2D eigenvalue weighted by atomic mass is 16.5. The van der Waals surface area contributed by atoms with Gasteiger partial charge in [0.05, 0.1) is 6.07 Å². The average molecular weight is 237 g/mol. The van der Waals surface area contributed by atoms with E-state index in [1.165, 1.54) is 18.9 Å². The third-order valence-electron chi connectivity index (χ3n) is 2.97. The molecule has 1 aromatic rings. The summed E-state index contributed by atoms with van der Waals surface area (Å²) in [6, 6.07) is 2.13. The van der Waals surface area contributed by atoms with Gasteiger partial charge < -0.3 is 14.6 Å². The minimum absolute atomic E-state index is 0.151. The maximum absolute atomic E-state index is 11.3. The highest BCUT2D eigenvalue weighted by Gasteiger charge is 2.25. The van der Waals surface area contributed by atoms with E-state index in [4.69, 9.17) is 4.74 Å². The minimum atomic E-state index is -0.151. The van der Waals surface area contributed by atoms with Crippen LogP contribution in [-0.2, 0) is 6.42 Å². The molecule has 0 aromatic carbocycles. The van der Waals surface area contributed by atoms with E-state index in [0.717, 1.165) is 12.6 Å². The molecule has 1 N–H and O–H groups in total. The van der Waals surface area contributed by atoms with Crippen LogP contribution < -0.4 is 10.3 Å². The first-order chi connectivity index (χ1) is 8.19. The third-order valence-corrected chi connectivity index (χ3v) is 2.97. The fraction of sp³-hybridized carbons (Fsp3) is 0.667. The Morgan fingerprint density at radius 1 is 1.59 bits per heavy atom. The summed E-state index contributed by atoms with van der Waals surface area (Å²) in [5, 5.41) is 0. The summed E-state index contributed by atoms with van der Waals surface area (Å²) in [6.07, 6.45) is 3.29. The van der Waals surface area contributed by atoms with Gasteiger partial charge in [-0.2, -0.15) is 0 Å². The second kappa shape index (κ2) is 5.31. The largest absolute Gasteiger partial charge is 0.476 e. The van der Waals surface area contributed by atoms with Crippen molar-refractivity contribution in [1.82, 2.24) is 14.9 Å². The number of ether oxygens (including phenoxy) is 1. The van der Waals surface area contributed by atoms with E-state index in [9.17, 15) is 4.79 Å². The van der Waals surface area contributed by atoms with Gasteiger partial charge >= 0.3 is 0 Å². The van der Waals surface area contributed by atoms with Gasteiger partial charge in [0.2, 0.25) is 5.88 Å². The van der Waals surface area contributed by atoms with Crippen molar-refractivity contribution in [3.8, 4) is 5.88 Å². The normalized spacial score (nSPS) is 15.2. The van der Waals surface area contributed by atoms with Gasteiger partial charge in [-0.15, -0.1) is 0 Å². The third kappa shape index (κ3) is 3.56. The highest BCUT2D eigenvalue weighted by Crippen LogP contribution is 2.24. The number of H-pyrrole nitrogens is 1. The Bertz CT molecular complexity index is 426. The highest BCUT2D eigenvalue weighted by molar-refractivity contribution is 5.08. The van der Waals surface area contributed by atoms with E-state index in [-0.39, 0.29) is 5.56 Å². The number of nitrogens with zero attached hydrogens (tertiary/aromatic N) is 2. The van der Waals surface area contributed by atoms with Gasteiger partial charge in [-0.3, -0.25) is 4.79 Å². The van der Waals surface area contributed by atoms with Crippen LogP contribution >= 0.6 is 0 Å². The van der Waals surface area contributed by atoms with Crippen LogP contribution in [0.1, 0.15) is 25.6 Å². The molecule has 0 atom stereocenters. The summed E-state index contributed by atoms with van der Waals surface area (Å²) in [5.74, 6) is 1.10. The first kappa shape index (κ1) is 12.1. The lowest BCUT2D eigenvalue weighted by Gasteiger charge is -2.15. The number of hydrogen-bond donors (Lipinski definition) is 1. The topological polar surface area (TPSA) is 58.2 Å². The molecular formula is C12H19N3O2. The average Bonchev–Trinajstić information content (AvgIpc) is 3.12. The van der Waals surface area contributed by atoms with Crippen molar-refractivity contribution in [1.29, 1.82) is 0 Å². The first-order valence-electron chi connectivity index (χ1n) is 6.12. The quantitative estimate of drug-likeness (QED) is 0.795. The molecule has 0 radical (unpaired) electrons. The lowest BCUT2D eigenvalue weighted by atomic mass is 10.4. The van der Waals surface area contributed by atoms with Crippen LogP contribution in [0, 0.1) is 0 Å². The predicted octanol–water partition coefficient (Wildman–Crippen LogP) is 0.805.